The molecule has 0 aliphatic carbocycles. The molecule has 0 radical (unpaired) electrons. The molecular weight excluding hydrogens is 398 g/mol. The molecule has 7 heteroatoms. The number of hydrogen-bond donors (Lipinski definition) is 1. The summed E-state index contributed by atoms with van der Waals surface area (Å²) in [6.07, 6.45) is -1.52. The van der Waals surface area contributed by atoms with Gasteiger partial charge in [0, 0.05) is 12.0 Å². The molecule has 0 saturated carbocycles. The van der Waals surface area contributed by atoms with Gasteiger partial charge in [0.1, 0.15) is 11.6 Å². The molecule has 1 fully saturated rings. The molecular formula is C24H27NO6. The van der Waals surface area contributed by atoms with Crippen molar-refractivity contribution in [2.75, 3.05) is 13.2 Å². The second kappa shape index (κ2) is 9.31. The number of carbonyl (C=O) groups excluding carboxylic acids is 3. The monoisotopic (exact) mass is 425 g/mol. The smallest absolute Gasteiger partial charge is 0.411 e. The largest absolute Gasteiger partial charge is 0.456 e. The van der Waals surface area contributed by atoms with Crippen molar-refractivity contribution in [3.8, 4) is 11.1 Å². The van der Waals surface area contributed by atoms with Crippen LogP contribution in [0.3, 0.4) is 0 Å². The highest BCUT2D eigenvalue weighted by atomic mass is 16.6. The van der Waals surface area contributed by atoms with E-state index in [0.717, 1.165) is 16.0 Å². The van der Waals surface area contributed by atoms with Gasteiger partial charge in [0.2, 0.25) is 0 Å². The minimum atomic E-state index is -0.988. The van der Waals surface area contributed by atoms with Gasteiger partial charge in [-0.2, -0.15) is 0 Å². The number of hydrogen-bond acceptors (Lipinski definition) is 6. The highest BCUT2D eigenvalue weighted by molar-refractivity contribution is 5.98. The summed E-state index contributed by atoms with van der Waals surface area (Å²) in [6.45, 7) is 4.67. The molecule has 7 nitrogen and oxygen atoms in total. The predicted molar refractivity (Wildman–Crippen MR) is 115 cm³/mol. The lowest BCUT2D eigenvalue weighted by Crippen LogP contribution is -2.44. The first kappa shape index (κ1) is 22.5. The van der Waals surface area contributed by atoms with E-state index in [1.54, 1.807) is 32.9 Å². The molecule has 3 rings (SSSR count). The lowest BCUT2D eigenvalue weighted by molar-refractivity contribution is -0.147. The van der Waals surface area contributed by atoms with Gasteiger partial charge in [-0.05, 0) is 31.9 Å². The summed E-state index contributed by atoms with van der Waals surface area (Å²) in [6, 6.07) is 15.8. The molecule has 0 bridgehead atoms. The molecule has 0 unspecified atom stereocenters. The molecule has 1 saturated heterocycles. The zero-order valence-corrected chi connectivity index (χ0v) is 17.9. The number of aliphatic hydroxyl groups is 1. The van der Waals surface area contributed by atoms with Gasteiger partial charge in [0.15, 0.2) is 12.4 Å². The zero-order chi connectivity index (χ0) is 22.6. The highest BCUT2D eigenvalue weighted by Gasteiger charge is 2.42. The Bertz CT molecular complexity index is 933. The van der Waals surface area contributed by atoms with Crippen molar-refractivity contribution in [2.45, 2.75) is 44.9 Å². The van der Waals surface area contributed by atoms with Crippen molar-refractivity contribution in [3.05, 3.63) is 60.2 Å². The normalized spacial score (nSPS) is 18.5. The fourth-order valence-corrected chi connectivity index (χ4v) is 3.35. The van der Waals surface area contributed by atoms with Crippen molar-refractivity contribution in [1.82, 2.24) is 4.90 Å². The number of aliphatic hydroxyl groups excluding tert-OH is 1. The van der Waals surface area contributed by atoms with Crippen LogP contribution in [0.5, 0.6) is 0 Å². The zero-order valence-electron chi connectivity index (χ0n) is 17.9. The maximum absolute atomic E-state index is 12.5. The Labute approximate surface area is 181 Å². The summed E-state index contributed by atoms with van der Waals surface area (Å²) in [5.41, 5.74) is 1.70. The van der Waals surface area contributed by atoms with Crippen molar-refractivity contribution in [2.24, 2.45) is 0 Å². The quantitative estimate of drug-likeness (QED) is 0.583. The Kier molecular flexibility index (Phi) is 6.75. The van der Waals surface area contributed by atoms with Crippen LogP contribution >= 0.6 is 0 Å². The predicted octanol–water partition coefficient (Wildman–Crippen LogP) is 3.45. The van der Waals surface area contributed by atoms with E-state index in [-0.39, 0.29) is 18.7 Å². The van der Waals surface area contributed by atoms with Gasteiger partial charge >= 0.3 is 12.1 Å². The Balaban J connectivity index is 1.59. The van der Waals surface area contributed by atoms with E-state index in [1.807, 2.05) is 42.5 Å². The maximum Gasteiger partial charge on any atom is 0.411 e. The van der Waals surface area contributed by atoms with Gasteiger partial charge in [0.25, 0.3) is 0 Å². The molecule has 2 aromatic carbocycles. The van der Waals surface area contributed by atoms with Crippen LogP contribution in [0.15, 0.2) is 54.6 Å². The third-order valence-corrected chi connectivity index (χ3v) is 4.84. The van der Waals surface area contributed by atoms with Crippen molar-refractivity contribution >= 4 is 17.8 Å². The van der Waals surface area contributed by atoms with Crippen LogP contribution in [0.25, 0.3) is 11.1 Å². The first-order valence-electron chi connectivity index (χ1n) is 10.2. The van der Waals surface area contributed by atoms with Crippen molar-refractivity contribution < 1.29 is 29.0 Å². The topological polar surface area (TPSA) is 93.1 Å². The molecule has 1 heterocycles. The molecule has 0 spiro atoms. The number of β-amino-alcohol motifs (C(OH)–C–C–N with tert-alkyl or cyclic N) is 1. The second-order valence-electron chi connectivity index (χ2n) is 8.51. The van der Waals surface area contributed by atoms with E-state index in [0.29, 0.717) is 5.56 Å². The Morgan fingerprint density at radius 1 is 1.00 bits per heavy atom. The van der Waals surface area contributed by atoms with Gasteiger partial charge in [-0.3, -0.25) is 9.69 Å². The average molecular weight is 425 g/mol. The molecule has 2 aromatic rings. The van der Waals surface area contributed by atoms with Gasteiger partial charge in [-0.25, -0.2) is 9.59 Å². The lowest BCUT2D eigenvalue weighted by Gasteiger charge is -2.27. The highest BCUT2D eigenvalue weighted by Crippen LogP contribution is 2.23. The summed E-state index contributed by atoms with van der Waals surface area (Å²) < 4.78 is 10.5. The van der Waals surface area contributed by atoms with Gasteiger partial charge in [-0.1, -0.05) is 54.6 Å². The van der Waals surface area contributed by atoms with Crippen LogP contribution < -0.4 is 0 Å². The third kappa shape index (κ3) is 5.92. The summed E-state index contributed by atoms with van der Waals surface area (Å²) in [5.74, 6) is -1.09. The molecule has 164 valence electrons. The number of esters is 1. The standard InChI is InChI=1S/C24H27NO6/c1-24(2,3)31-23(29)25-14-19(26)13-20(25)22(28)30-15-21(27)18-11-9-17(10-12-18)16-7-5-4-6-8-16/h4-12,19-20,26H,13-15H2,1-3H3/t19-,20-/m0/s1. The molecule has 2 atom stereocenters. The first-order chi connectivity index (χ1) is 14.6. The van der Waals surface area contributed by atoms with E-state index >= 15 is 0 Å². The van der Waals surface area contributed by atoms with E-state index in [1.165, 1.54) is 0 Å². The fourth-order valence-electron chi connectivity index (χ4n) is 3.35. The number of likely N-dealkylation sites (tertiary alicyclic amines) is 1. The molecule has 31 heavy (non-hydrogen) atoms. The van der Waals surface area contributed by atoms with E-state index in [2.05, 4.69) is 0 Å². The minimum Gasteiger partial charge on any atom is -0.456 e. The van der Waals surface area contributed by atoms with Crippen molar-refractivity contribution in [1.29, 1.82) is 0 Å². The fraction of sp³-hybridized carbons (Fsp3) is 0.375. The minimum absolute atomic E-state index is 0.0242. The Morgan fingerprint density at radius 2 is 1.61 bits per heavy atom. The van der Waals surface area contributed by atoms with Crippen LogP contribution in [0, 0.1) is 0 Å². The van der Waals surface area contributed by atoms with E-state index in [9.17, 15) is 19.5 Å². The number of amides is 1. The van der Waals surface area contributed by atoms with Crippen LogP contribution in [0.2, 0.25) is 0 Å². The summed E-state index contributed by atoms with van der Waals surface area (Å²) in [4.78, 5) is 38.5. The number of Topliss-reactive ketones (excluding diaryl/α,β-unsaturated/α-hetero) is 1. The number of nitrogens with zero attached hydrogens (tertiary/aromatic N) is 1. The second-order valence-corrected chi connectivity index (χ2v) is 8.51. The van der Waals surface area contributed by atoms with Crippen LogP contribution in [0.4, 0.5) is 4.79 Å². The Hall–Kier alpha value is -3.19. The Morgan fingerprint density at radius 3 is 2.23 bits per heavy atom. The SMILES string of the molecule is CC(C)(C)OC(=O)N1C[C@@H](O)C[C@H]1C(=O)OCC(=O)c1ccc(-c2ccccc2)cc1. The molecule has 0 aromatic heterocycles. The maximum atomic E-state index is 12.5. The number of carbonyl (C=O) groups is 3. The molecule has 1 aliphatic rings. The number of benzene rings is 2. The van der Waals surface area contributed by atoms with Gasteiger partial charge < -0.3 is 14.6 Å². The summed E-state index contributed by atoms with van der Waals surface area (Å²) in [7, 11) is 0. The summed E-state index contributed by atoms with van der Waals surface area (Å²) in [5, 5.41) is 9.92. The average Bonchev–Trinajstić information content (AvgIpc) is 3.13. The first-order valence-corrected chi connectivity index (χ1v) is 10.2. The van der Waals surface area contributed by atoms with Crippen LogP contribution in [0.1, 0.15) is 37.6 Å². The van der Waals surface area contributed by atoms with Crippen LogP contribution in [-0.2, 0) is 14.3 Å². The molecule has 1 amide bonds. The lowest BCUT2D eigenvalue weighted by atomic mass is 10.0. The van der Waals surface area contributed by atoms with Crippen LogP contribution in [-0.4, -0.2) is 58.8 Å². The van der Waals surface area contributed by atoms with E-state index in [4.69, 9.17) is 9.47 Å². The third-order valence-electron chi connectivity index (χ3n) is 4.84. The van der Waals surface area contributed by atoms with Crippen molar-refractivity contribution in [3.63, 3.8) is 0 Å². The number of rotatable bonds is 5. The van der Waals surface area contributed by atoms with Gasteiger partial charge in [-0.15, -0.1) is 0 Å². The molecule has 1 N–H and O–H groups in total. The van der Waals surface area contributed by atoms with Gasteiger partial charge in [0.05, 0.1) is 12.6 Å². The summed E-state index contributed by atoms with van der Waals surface area (Å²) >= 11 is 0. The van der Waals surface area contributed by atoms with E-state index < -0.39 is 36.4 Å². The molecule has 1 aliphatic heterocycles. The number of ketones is 1. The number of ether oxygens (including phenoxy) is 2.